The molecule has 6 atom stereocenters. The van der Waals surface area contributed by atoms with Crippen LogP contribution in [0.25, 0.3) is 0 Å². The van der Waals surface area contributed by atoms with Crippen molar-refractivity contribution in [2.45, 2.75) is 128 Å². The predicted octanol–water partition coefficient (Wildman–Crippen LogP) is 8.05. The highest BCUT2D eigenvalue weighted by Crippen LogP contribution is 2.39. The first-order valence-electron chi connectivity index (χ1n) is 22.9. The molecule has 0 aliphatic carbocycles. The van der Waals surface area contributed by atoms with E-state index in [1.165, 1.54) is 24.0 Å². The Kier molecular flexibility index (Phi) is 11.3. The molecule has 8 aliphatic rings. The number of benzene rings is 2. The largest absolute Gasteiger partial charge is 0.484 e. The van der Waals surface area contributed by atoms with Crippen LogP contribution in [0.3, 0.4) is 0 Å². The van der Waals surface area contributed by atoms with Crippen molar-refractivity contribution < 1.29 is 28.5 Å². The van der Waals surface area contributed by atoms with Crippen LogP contribution in [0.5, 0.6) is 23.3 Å². The SMILES string of the molecule is CC(C)(CCC(C)(C)OC(=O)N1C[C@@H]2CC[C@H]1CN2Cc1ccc([C@H]2COc3cccnc3O2)cc1)Cc1ccc2c(n1)O[C@@H](c1ccc(CN3C[C@@H]4CC[C@H]3CN4)cc1)CO2. The van der Waals surface area contributed by atoms with E-state index < -0.39 is 5.60 Å². The standard InChI is InChI=1S/C50H62N6O6/c1-49(2,24-37-16-20-43-47(53-37)61-45(32-59-43)36-13-7-33(8-14-36)26-54-28-38-15-17-39(54)25-52-38)21-22-50(3,4)62-48(57)56-30-40-18-19-41(56)29-55(40)27-34-9-11-35(12-10-34)44-31-58-42-6-5-23-51-46(42)60-44/h5-14,16,20,23,38-41,44-45,52H,15,17-19,21-22,24-32H2,1-4H3/t38-,39-,40-,41-,44+,45+/m0/s1. The summed E-state index contributed by atoms with van der Waals surface area (Å²) in [5, 5.41) is 3.66. The van der Waals surface area contributed by atoms with Crippen LogP contribution in [0.1, 0.15) is 106 Å². The van der Waals surface area contributed by atoms with E-state index in [-0.39, 0.29) is 29.8 Å². The minimum atomic E-state index is -0.606. The molecule has 12 heteroatoms. The molecular formula is C50H62N6O6. The van der Waals surface area contributed by atoms with Crippen LogP contribution in [0.2, 0.25) is 0 Å². The van der Waals surface area contributed by atoms with Gasteiger partial charge in [0.05, 0.1) is 0 Å². The zero-order valence-electron chi connectivity index (χ0n) is 36.8. The monoisotopic (exact) mass is 842 g/mol. The van der Waals surface area contributed by atoms with Crippen molar-refractivity contribution >= 4 is 6.09 Å². The summed E-state index contributed by atoms with van der Waals surface area (Å²) < 4.78 is 30.9. The van der Waals surface area contributed by atoms with E-state index in [2.05, 4.69) is 88.5 Å². The van der Waals surface area contributed by atoms with Gasteiger partial charge in [-0.2, -0.15) is 0 Å². The van der Waals surface area contributed by atoms with E-state index in [0.29, 0.717) is 61.1 Å². The average molecular weight is 843 g/mol. The number of carbonyl (C=O) groups is 1. The second-order valence-electron chi connectivity index (χ2n) is 19.9. The lowest BCUT2D eigenvalue weighted by atomic mass is 9.80. The number of piperazine rings is 2. The molecule has 2 aromatic heterocycles. The van der Waals surface area contributed by atoms with Crippen LogP contribution >= 0.6 is 0 Å². The lowest BCUT2D eigenvalue weighted by molar-refractivity contribution is -0.0515. The van der Waals surface area contributed by atoms with Gasteiger partial charge in [-0.25, -0.2) is 14.8 Å². The van der Waals surface area contributed by atoms with E-state index in [1.54, 1.807) is 6.20 Å². The fourth-order valence-corrected chi connectivity index (χ4v) is 10.4. The van der Waals surface area contributed by atoms with Gasteiger partial charge in [-0.3, -0.25) is 9.80 Å². The van der Waals surface area contributed by atoms with Crippen molar-refractivity contribution in [1.82, 2.24) is 30.0 Å². The molecule has 4 aromatic rings. The fourth-order valence-electron chi connectivity index (χ4n) is 10.4. The predicted molar refractivity (Wildman–Crippen MR) is 236 cm³/mol. The number of piperidine rings is 4. The van der Waals surface area contributed by atoms with Gasteiger partial charge in [0, 0.05) is 75.3 Å². The highest BCUT2D eigenvalue weighted by atomic mass is 16.6. The highest BCUT2D eigenvalue weighted by molar-refractivity contribution is 5.69. The van der Waals surface area contributed by atoms with Crippen LogP contribution in [0.4, 0.5) is 4.79 Å². The molecule has 6 fully saturated rings. The van der Waals surface area contributed by atoms with Gasteiger partial charge in [0.25, 0.3) is 11.8 Å². The van der Waals surface area contributed by atoms with Gasteiger partial charge in [0.2, 0.25) is 0 Å². The molecule has 4 bridgehead atoms. The van der Waals surface area contributed by atoms with E-state index in [0.717, 1.165) is 81.6 Å². The Morgan fingerprint density at radius 1 is 0.726 bits per heavy atom. The third kappa shape index (κ3) is 9.10. The molecule has 328 valence electrons. The van der Waals surface area contributed by atoms with Crippen molar-refractivity contribution in [2.24, 2.45) is 5.41 Å². The summed E-state index contributed by atoms with van der Waals surface area (Å²) in [7, 11) is 0. The first-order chi connectivity index (χ1) is 30.0. The molecule has 0 unspecified atom stereocenters. The van der Waals surface area contributed by atoms with Gasteiger partial charge in [0.15, 0.2) is 23.7 Å². The normalized spacial score (nSPS) is 25.8. The first-order valence-corrected chi connectivity index (χ1v) is 22.9. The summed E-state index contributed by atoms with van der Waals surface area (Å²) in [6, 6.07) is 27.0. The third-order valence-corrected chi connectivity index (χ3v) is 14.1. The van der Waals surface area contributed by atoms with Gasteiger partial charge < -0.3 is 33.9 Å². The number of carbonyl (C=O) groups excluding carboxylic acids is 1. The van der Waals surface area contributed by atoms with E-state index in [9.17, 15) is 4.79 Å². The zero-order chi connectivity index (χ0) is 42.4. The number of hydrogen-bond donors (Lipinski definition) is 1. The van der Waals surface area contributed by atoms with Crippen LogP contribution < -0.4 is 24.3 Å². The number of fused-ring (bicyclic) bond motifs is 8. The minimum absolute atomic E-state index is 0.0810. The first kappa shape index (κ1) is 41.1. The van der Waals surface area contributed by atoms with E-state index in [1.807, 2.05) is 36.9 Å². The maximum absolute atomic E-state index is 13.8. The van der Waals surface area contributed by atoms with Gasteiger partial charge >= 0.3 is 6.09 Å². The smallest absolute Gasteiger partial charge is 0.410 e. The number of amides is 1. The Labute approximate surface area is 366 Å². The zero-order valence-corrected chi connectivity index (χ0v) is 36.8. The van der Waals surface area contributed by atoms with Gasteiger partial charge in [0.1, 0.15) is 18.8 Å². The summed E-state index contributed by atoms with van der Waals surface area (Å²) in [5.41, 5.74) is 5.05. The number of ether oxygens (including phenoxy) is 5. The highest BCUT2D eigenvalue weighted by Gasteiger charge is 2.43. The summed E-state index contributed by atoms with van der Waals surface area (Å²) in [4.78, 5) is 30.2. The average Bonchev–Trinajstić information content (AvgIpc) is 3.29. The molecule has 6 saturated heterocycles. The summed E-state index contributed by atoms with van der Waals surface area (Å²) in [6.07, 6.45) is 8.21. The molecule has 0 saturated carbocycles. The number of pyridine rings is 2. The lowest BCUT2D eigenvalue weighted by Gasteiger charge is -2.51. The van der Waals surface area contributed by atoms with Crippen LogP contribution in [-0.2, 0) is 24.2 Å². The molecule has 0 spiro atoms. The van der Waals surface area contributed by atoms with E-state index in [4.69, 9.17) is 28.7 Å². The molecule has 1 N–H and O–H groups in total. The second-order valence-corrected chi connectivity index (χ2v) is 19.9. The molecule has 0 radical (unpaired) electrons. The maximum Gasteiger partial charge on any atom is 0.410 e. The molecule has 10 heterocycles. The number of nitrogens with zero attached hydrogens (tertiary/aromatic N) is 5. The molecule has 12 nitrogen and oxygen atoms in total. The molecule has 1 amide bonds. The van der Waals surface area contributed by atoms with E-state index >= 15 is 0 Å². The second kappa shape index (κ2) is 17.0. The lowest BCUT2D eigenvalue weighted by Crippen LogP contribution is -2.64. The van der Waals surface area contributed by atoms with Crippen molar-refractivity contribution in [1.29, 1.82) is 0 Å². The number of hydrogen-bond acceptors (Lipinski definition) is 11. The molecule has 2 aromatic carbocycles. The van der Waals surface area contributed by atoms with Gasteiger partial charge in [-0.05, 0) is 111 Å². The Morgan fingerprint density at radius 3 is 2.00 bits per heavy atom. The Bertz CT molecular complexity index is 2210. The third-order valence-electron chi connectivity index (χ3n) is 14.1. The maximum atomic E-state index is 13.8. The fraction of sp³-hybridized carbons (Fsp3) is 0.540. The summed E-state index contributed by atoms with van der Waals surface area (Å²) in [5.74, 6) is 2.47. The summed E-state index contributed by atoms with van der Waals surface area (Å²) in [6.45, 7) is 15.2. The van der Waals surface area contributed by atoms with Crippen LogP contribution in [-0.4, -0.2) is 99.9 Å². The minimum Gasteiger partial charge on any atom is -0.484 e. The molecule has 12 rings (SSSR count). The Balaban J connectivity index is 0.685. The van der Waals surface area contributed by atoms with Crippen molar-refractivity contribution in [3.05, 3.63) is 107 Å². The molecule has 62 heavy (non-hydrogen) atoms. The topological polar surface area (TPSA) is 111 Å². The Morgan fingerprint density at radius 2 is 1.37 bits per heavy atom. The summed E-state index contributed by atoms with van der Waals surface area (Å²) >= 11 is 0. The number of rotatable bonds is 12. The van der Waals surface area contributed by atoms with Crippen molar-refractivity contribution in [3.8, 4) is 23.3 Å². The van der Waals surface area contributed by atoms with Gasteiger partial charge in [-0.15, -0.1) is 0 Å². The number of nitrogens with one attached hydrogen (secondary N) is 1. The Hall–Kier alpha value is -4.91. The van der Waals surface area contributed by atoms with Crippen molar-refractivity contribution in [2.75, 3.05) is 39.4 Å². The van der Waals surface area contributed by atoms with Crippen LogP contribution in [0.15, 0.2) is 79.0 Å². The molecular weight excluding hydrogens is 781 g/mol. The van der Waals surface area contributed by atoms with Crippen molar-refractivity contribution in [3.63, 3.8) is 0 Å². The molecule has 8 aliphatic heterocycles. The van der Waals surface area contributed by atoms with Gasteiger partial charge in [-0.1, -0.05) is 62.4 Å². The number of aromatic nitrogens is 2. The van der Waals surface area contributed by atoms with Crippen LogP contribution in [0, 0.1) is 5.41 Å². The quantitative estimate of drug-likeness (QED) is 0.150.